The summed E-state index contributed by atoms with van der Waals surface area (Å²) in [5.41, 5.74) is 2.41. The molecule has 3 nitrogen and oxygen atoms in total. The van der Waals surface area contributed by atoms with Crippen LogP contribution in [0, 0.1) is 0 Å². The fourth-order valence-electron chi connectivity index (χ4n) is 2.84. The van der Waals surface area contributed by atoms with Crippen molar-refractivity contribution in [2.75, 3.05) is 19.8 Å². The Morgan fingerprint density at radius 3 is 3.11 bits per heavy atom. The second kappa shape index (κ2) is 6.12. The Morgan fingerprint density at radius 2 is 2.26 bits per heavy atom. The fraction of sp³-hybridized carbons (Fsp3) is 0.600. The zero-order valence-electron chi connectivity index (χ0n) is 11.1. The minimum atomic E-state index is 0.453. The largest absolute Gasteiger partial charge is 0.493 e. The second-order valence-corrected chi connectivity index (χ2v) is 5.69. The van der Waals surface area contributed by atoms with Gasteiger partial charge in [0.1, 0.15) is 5.75 Å². The molecule has 3 rings (SSSR count). The zero-order valence-corrected chi connectivity index (χ0v) is 11.8. The van der Waals surface area contributed by atoms with Crippen LogP contribution in [0.3, 0.4) is 0 Å². The van der Waals surface area contributed by atoms with Gasteiger partial charge in [0, 0.05) is 30.2 Å². The molecular formula is C15H20ClNO2. The van der Waals surface area contributed by atoms with Crippen molar-refractivity contribution < 1.29 is 9.47 Å². The van der Waals surface area contributed by atoms with Crippen LogP contribution in [0.1, 0.15) is 30.4 Å². The number of rotatable bonds is 5. The van der Waals surface area contributed by atoms with Gasteiger partial charge in [-0.05, 0) is 43.5 Å². The van der Waals surface area contributed by atoms with Gasteiger partial charge < -0.3 is 14.8 Å². The summed E-state index contributed by atoms with van der Waals surface area (Å²) in [6.07, 6.45) is 4.92. The smallest absolute Gasteiger partial charge is 0.127 e. The lowest BCUT2D eigenvalue weighted by atomic mass is 10.1. The molecule has 2 aliphatic heterocycles. The number of halogens is 1. The normalized spacial score (nSPS) is 21.4. The highest BCUT2D eigenvalue weighted by Gasteiger charge is 2.18. The lowest BCUT2D eigenvalue weighted by Gasteiger charge is -2.12. The molecule has 0 radical (unpaired) electrons. The van der Waals surface area contributed by atoms with Gasteiger partial charge >= 0.3 is 0 Å². The van der Waals surface area contributed by atoms with Crippen molar-refractivity contribution in [1.82, 2.24) is 5.32 Å². The molecule has 1 fully saturated rings. The van der Waals surface area contributed by atoms with E-state index in [-0.39, 0.29) is 0 Å². The van der Waals surface area contributed by atoms with Gasteiger partial charge in [0.2, 0.25) is 0 Å². The summed E-state index contributed by atoms with van der Waals surface area (Å²) < 4.78 is 11.3. The van der Waals surface area contributed by atoms with E-state index in [1.54, 1.807) is 0 Å². The van der Waals surface area contributed by atoms with E-state index in [1.165, 1.54) is 24.0 Å². The van der Waals surface area contributed by atoms with Crippen molar-refractivity contribution in [1.29, 1.82) is 0 Å². The van der Waals surface area contributed by atoms with Crippen LogP contribution < -0.4 is 10.1 Å². The van der Waals surface area contributed by atoms with E-state index in [4.69, 9.17) is 21.1 Å². The van der Waals surface area contributed by atoms with Crippen molar-refractivity contribution in [3.05, 3.63) is 28.3 Å². The van der Waals surface area contributed by atoms with Crippen LogP contribution in [0.5, 0.6) is 5.75 Å². The average Bonchev–Trinajstić information content (AvgIpc) is 3.04. The number of hydrogen-bond acceptors (Lipinski definition) is 3. The Labute approximate surface area is 119 Å². The van der Waals surface area contributed by atoms with Crippen molar-refractivity contribution in [2.24, 2.45) is 0 Å². The summed E-state index contributed by atoms with van der Waals surface area (Å²) in [4.78, 5) is 0. The van der Waals surface area contributed by atoms with Crippen molar-refractivity contribution in [3.63, 3.8) is 0 Å². The Hall–Kier alpha value is -0.770. The summed E-state index contributed by atoms with van der Waals surface area (Å²) in [6.45, 7) is 3.50. The van der Waals surface area contributed by atoms with Gasteiger partial charge in [-0.25, -0.2) is 0 Å². The Bertz CT molecular complexity index is 444. The highest BCUT2D eigenvalue weighted by atomic mass is 35.5. The van der Waals surface area contributed by atoms with Gasteiger partial charge in [0.15, 0.2) is 0 Å². The van der Waals surface area contributed by atoms with Crippen molar-refractivity contribution in [3.8, 4) is 5.75 Å². The second-order valence-electron chi connectivity index (χ2n) is 5.25. The highest BCUT2D eigenvalue weighted by Crippen LogP contribution is 2.32. The lowest BCUT2D eigenvalue weighted by Crippen LogP contribution is -2.20. The SMILES string of the molecule is Clc1cc2c(c(CNCCC3CCCO3)c1)OCC2. The highest BCUT2D eigenvalue weighted by molar-refractivity contribution is 6.30. The first-order chi connectivity index (χ1) is 9.33. The first kappa shape index (κ1) is 13.2. The van der Waals surface area contributed by atoms with Crippen LogP contribution in [-0.4, -0.2) is 25.9 Å². The van der Waals surface area contributed by atoms with Crippen LogP contribution in [-0.2, 0) is 17.7 Å². The minimum absolute atomic E-state index is 0.453. The fourth-order valence-corrected chi connectivity index (χ4v) is 3.10. The molecule has 1 N–H and O–H groups in total. The summed E-state index contributed by atoms with van der Waals surface area (Å²) in [5, 5.41) is 4.27. The maximum Gasteiger partial charge on any atom is 0.127 e. The third kappa shape index (κ3) is 3.22. The summed E-state index contributed by atoms with van der Waals surface area (Å²) in [7, 11) is 0. The molecule has 0 aliphatic carbocycles. The molecular weight excluding hydrogens is 262 g/mol. The molecule has 0 saturated carbocycles. The Morgan fingerprint density at radius 1 is 1.32 bits per heavy atom. The lowest BCUT2D eigenvalue weighted by molar-refractivity contribution is 0.104. The van der Waals surface area contributed by atoms with Gasteiger partial charge in [-0.15, -0.1) is 0 Å². The minimum Gasteiger partial charge on any atom is -0.493 e. The number of fused-ring (bicyclic) bond motifs is 1. The van der Waals surface area contributed by atoms with Gasteiger partial charge in [-0.3, -0.25) is 0 Å². The monoisotopic (exact) mass is 281 g/mol. The molecule has 0 aromatic heterocycles. The Balaban J connectivity index is 1.52. The van der Waals surface area contributed by atoms with Crippen molar-refractivity contribution >= 4 is 11.6 Å². The van der Waals surface area contributed by atoms with Gasteiger partial charge in [0.05, 0.1) is 12.7 Å². The van der Waals surface area contributed by atoms with E-state index < -0.39 is 0 Å². The average molecular weight is 282 g/mol. The quantitative estimate of drug-likeness (QED) is 0.842. The van der Waals surface area contributed by atoms with Gasteiger partial charge in [0.25, 0.3) is 0 Å². The molecule has 19 heavy (non-hydrogen) atoms. The first-order valence-electron chi connectivity index (χ1n) is 7.09. The molecule has 0 amide bonds. The van der Waals surface area contributed by atoms with E-state index in [0.29, 0.717) is 6.10 Å². The Kier molecular flexibility index (Phi) is 4.26. The predicted octanol–water partition coefficient (Wildman–Crippen LogP) is 2.93. The van der Waals surface area contributed by atoms with Crippen LogP contribution >= 0.6 is 11.6 Å². The zero-order chi connectivity index (χ0) is 13.1. The van der Waals surface area contributed by atoms with Crippen molar-refractivity contribution in [2.45, 2.75) is 38.3 Å². The van der Waals surface area contributed by atoms with Gasteiger partial charge in [-0.1, -0.05) is 11.6 Å². The topological polar surface area (TPSA) is 30.5 Å². The van der Waals surface area contributed by atoms with E-state index in [0.717, 1.165) is 49.9 Å². The van der Waals surface area contributed by atoms with E-state index in [1.807, 2.05) is 12.1 Å². The molecule has 1 aromatic rings. The molecule has 0 spiro atoms. The molecule has 4 heteroatoms. The number of hydrogen-bond donors (Lipinski definition) is 1. The predicted molar refractivity (Wildman–Crippen MR) is 75.9 cm³/mol. The maximum absolute atomic E-state index is 6.14. The molecule has 1 atom stereocenters. The standard InChI is InChI=1S/C15H20ClNO2/c16-13-8-11-4-7-19-15(11)12(9-13)10-17-5-3-14-2-1-6-18-14/h8-9,14,17H,1-7,10H2. The molecule has 1 aromatic carbocycles. The van der Waals surface area contributed by atoms with E-state index in [2.05, 4.69) is 5.32 Å². The number of ether oxygens (including phenoxy) is 2. The molecule has 2 aliphatic rings. The van der Waals surface area contributed by atoms with Crippen LogP contribution in [0.2, 0.25) is 5.02 Å². The molecule has 0 bridgehead atoms. The van der Waals surface area contributed by atoms with Gasteiger partial charge in [-0.2, -0.15) is 0 Å². The molecule has 1 unspecified atom stereocenters. The van der Waals surface area contributed by atoms with E-state index in [9.17, 15) is 0 Å². The molecule has 1 saturated heterocycles. The summed E-state index contributed by atoms with van der Waals surface area (Å²) in [6, 6.07) is 4.02. The van der Waals surface area contributed by atoms with Crippen LogP contribution in [0.25, 0.3) is 0 Å². The third-order valence-electron chi connectivity index (χ3n) is 3.81. The first-order valence-corrected chi connectivity index (χ1v) is 7.47. The number of nitrogens with one attached hydrogen (secondary N) is 1. The molecule has 2 heterocycles. The summed E-state index contributed by atoms with van der Waals surface area (Å²) >= 11 is 6.14. The third-order valence-corrected chi connectivity index (χ3v) is 4.03. The van der Waals surface area contributed by atoms with Crippen LogP contribution in [0.4, 0.5) is 0 Å². The number of benzene rings is 1. The van der Waals surface area contributed by atoms with Crippen LogP contribution in [0.15, 0.2) is 12.1 Å². The molecule has 104 valence electrons. The van der Waals surface area contributed by atoms with E-state index >= 15 is 0 Å². The maximum atomic E-state index is 6.14. The summed E-state index contributed by atoms with van der Waals surface area (Å²) in [5.74, 6) is 1.04.